The maximum Gasteiger partial charge on any atom is 0.243 e. The monoisotopic (exact) mass is 359 g/mol. The van der Waals surface area contributed by atoms with Crippen molar-refractivity contribution in [1.82, 2.24) is 8.87 Å². The Morgan fingerprint density at radius 1 is 1.04 bits per heavy atom. The molecule has 2 aromatic rings. The molecule has 4 rings (SSSR count). The molecule has 0 radical (unpaired) electrons. The summed E-state index contributed by atoms with van der Waals surface area (Å²) in [5.41, 5.74) is 1.77. The zero-order valence-electron chi connectivity index (χ0n) is 14.1. The molecule has 0 spiro atoms. The fraction of sp³-hybridized carbons (Fsp3) is 0.389. The highest BCUT2D eigenvalue weighted by molar-refractivity contribution is 7.89. The molecule has 0 aliphatic carbocycles. The molecule has 6 nitrogen and oxygen atoms in total. The molecule has 2 aliphatic heterocycles. The first-order valence-corrected chi connectivity index (χ1v) is 10.00. The standard InChI is InChI=1S/C18H21N3O3S/c1-14-17-4-2-10-19(17)12-13-21(14)25(23,24)16-8-6-15(7-9-16)20-11-3-5-18(20)22/h2,4,6-10,14H,3,5,11-13H2,1H3/t14-/m0/s1. The van der Waals surface area contributed by atoms with Crippen molar-refractivity contribution in [3.05, 3.63) is 48.3 Å². The topological polar surface area (TPSA) is 62.6 Å². The lowest BCUT2D eigenvalue weighted by atomic mass is 10.2. The number of fused-ring (bicyclic) bond motifs is 1. The number of aromatic nitrogens is 1. The normalized spacial score (nSPS) is 21.6. The first kappa shape index (κ1) is 16.4. The minimum absolute atomic E-state index is 0.0982. The highest BCUT2D eigenvalue weighted by Crippen LogP contribution is 2.32. The number of nitrogens with zero attached hydrogens (tertiary/aromatic N) is 3. The molecule has 1 fully saturated rings. The molecule has 0 saturated carbocycles. The van der Waals surface area contributed by atoms with E-state index in [9.17, 15) is 13.2 Å². The summed E-state index contributed by atoms with van der Waals surface area (Å²) < 4.78 is 29.8. The molecular weight excluding hydrogens is 338 g/mol. The van der Waals surface area contributed by atoms with E-state index >= 15 is 0 Å². The molecule has 7 heteroatoms. The van der Waals surface area contributed by atoms with E-state index in [2.05, 4.69) is 4.57 Å². The van der Waals surface area contributed by atoms with Crippen molar-refractivity contribution in [3.63, 3.8) is 0 Å². The third-order valence-electron chi connectivity index (χ3n) is 5.11. The Kier molecular flexibility index (Phi) is 3.92. The molecule has 1 atom stereocenters. The van der Waals surface area contributed by atoms with Crippen molar-refractivity contribution < 1.29 is 13.2 Å². The van der Waals surface area contributed by atoms with Crippen LogP contribution in [0.15, 0.2) is 47.5 Å². The molecule has 1 saturated heterocycles. The van der Waals surface area contributed by atoms with Crippen molar-refractivity contribution in [2.75, 3.05) is 18.0 Å². The quantitative estimate of drug-likeness (QED) is 0.845. The lowest BCUT2D eigenvalue weighted by molar-refractivity contribution is -0.117. The van der Waals surface area contributed by atoms with E-state index in [0.29, 0.717) is 26.1 Å². The van der Waals surface area contributed by atoms with Gasteiger partial charge in [-0.25, -0.2) is 8.42 Å². The third kappa shape index (κ3) is 2.67. The van der Waals surface area contributed by atoms with Crippen molar-refractivity contribution in [2.45, 2.75) is 37.2 Å². The van der Waals surface area contributed by atoms with Crippen molar-refractivity contribution in [3.8, 4) is 0 Å². The van der Waals surface area contributed by atoms with E-state index in [1.807, 2.05) is 25.3 Å². The maximum atomic E-state index is 13.1. The number of carbonyl (C=O) groups is 1. The Balaban J connectivity index is 1.61. The fourth-order valence-corrected chi connectivity index (χ4v) is 5.34. The highest BCUT2D eigenvalue weighted by Gasteiger charge is 2.34. The fourth-order valence-electron chi connectivity index (χ4n) is 3.74. The molecule has 132 valence electrons. The predicted molar refractivity (Wildman–Crippen MR) is 94.8 cm³/mol. The van der Waals surface area contributed by atoms with Crippen molar-refractivity contribution in [1.29, 1.82) is 0 Å². The van der Waals surface area contributed by atoms with Crippen LogP contribution in [-0.4, -0.2) is 36.3 Å². The second-order valence-electron chi connectivity index (χ2n) is 6.56. The van der Waals surface area contributed by atoms with Crippen LogP contribution in [0.4, 0.5) is 5.69 Å². The molecule has 2 aliphatic rings. The zero-order valence-corrected chi connectivity index (χ0v) is 14.9. The molecule has 0 unspecified atom stereocenters. The van der Waals surface area contributed by atoms with Crippen LogP contribution in [0.5, 0.6) is 0 Å². The Morgan fingerprint density at radius 3 is 2.48 bits per heavy atom. The van der Waals surface area contributed by atoms with E-state index < -0.39 is 10.0 Å². The number of benzene rings is 1. The number of sulfonamides is 1. The van der Waals surface area contributed by atoms with Crippen molar-refractivity contribution in [2.24, 2.45) is 0 Å². The van der Waals surface area contributed by atoms with Crippen LogP contribution in [0.3, 0.4) is 0 Å². The summed E-state index contributed by atoms with van der Waals surface area (Å²) in [5.74, 6) is 0.0982. The smallest absolute Gasteiger partial charge is 0.243 e. The van der Waals surface area contributed by atoms with E-state index in [1.54, 1.807) is 33.5 Å². The van der Waals surface area contributed by atoms with E-state index in [4.69, 9.17) is 0 Å². The Bertz CT molecular complexity index is 902. The van der Waals surface area contributed by atoms with E-state index in [-0.39, 0.29) is 16.8 Å². The van der Waals surface area contributed by atoms with Crippen LogP contribution < -0.4 is 4.90 Å². The summed E-state index contributed by atoms with van der Waals surface area (Å²) in [6.45, 7) is 3.73. The minimum atomic E-state index is -3.57. The predicted octanol–water partition coefficient (Wildman–Crippen LogP) is 2.38. The Labute approximate surface area is 147 Å². The number of hydrogen-bond acceptors (Lipinski definition) is 3. The van der Waals surface area contributed by atoms with Gasteiger partial charge < -0.3 is 9.47 Å². The second kappa shape index (κ2) is 6.00. The summed E-state index contributed by atoms with van der Waals surface area (Å²) in [5, 5.41) is 0. The molecular formula is C18H21N3O3S. The van der Waals surface area contributed by atoms with E-state index in [0.717, 1.165) is 17.8 Å². The van der Waals surface area contributed by atoms with Crippen LogP contribution in [-0.2, 0) is 21.4 Å². The summed E-state index contributed by atoms with van der Waals surface area (Å²) in [6, 6.07) is 10.4. The lowest BCUT2D eigenvalue weighted by Gasteiger charge is -2.34. The summed E-state index contributed by atoms with van der Waals surface area (Å²) in [7, 11) is -3.57. The minimum Gasteiger partial charge on any atom is -0.349 e. The molecule has 25 heavy (non-hydrogen) atoms. The highest BCUT2D eigenvalue weighted by atomic mass is 32.2. The molecule has 0 bridgehead atoms. The largest absolute Gasteiger partial charge is 0.349 e. The first-order chi connectivity index (χ1) is 12.0. The van der Waals surface area contributed by atoms with Crippen LogP contribution in [0.25, 0.3) is 0 Å². The van der Waals surface area contributed by atoms with Gasteiger partial charge in [-0.05, 0) is 49.7 Å². The molecule has 0 N–H and O–H groups in total. The van der Waals surface area contributed by atoms with Gasteiger partial charge in [-0.1, -0.05) is 0 Å². The van der Waals surface area contributed by atoms with Crippen LogP contribution in [0, 0.1) is 0 Å². The van der Waals surface area contributed by atoms with Gasteiger partial charge >= 0.3 is 0 Å². The molecule has 1 amide bonds. The molecule has 1 aromatic carbocycles. The van der Waals surface area contributed by atoms with Crippen LogP contribution in [0.2, 0.25) is 0 Å². The summed E-state index contributed by atoms with van der Waals surface area (Å²) >= 11 is 0. The van der Waals surface area contributed by atoms with Gasteiger partial charge in [0.05, 0.1) is 10.9 Å². The van der Waals surface area contributed by atoms with Gasteiger partial charge in [0.2, 0.25) is 15.9 Å². The number of anilines is 1. The van der Waals surface area contributed by atoms with Crippen molar-refractivity contribution >= 4 is 21.6 Å². The summed E-state index contributed by atoms with van der Waals surface area (Å²) in [6.07, 6.45) is 3.40. The lowest BCUT2D eigenvalue weighted by Crippen LogP contribution is -2.40. The average Bonchev–Trinajstić information content (AvgIpc) is 3.24. The Hall–Kier alpha value is -2.12. The van der Waals surface area contributed by atoms with Crippen LogP contribution >= 0.6 is 0 Å². The van der Waals surface area contributed by atoms with E-state index in [1.165, 1.54) is 0 Å². The summed E-state index contributed by atoms with van der Waals surface area (Å²) in [4.78, 5) is 13.8. The van der Waals surface area contributed by atoms with Gasteiger partial charge in [-0.15, -0.1) is 0 Å². The zero-order chi connectivity index (χ0) is 17.6. The number of rotatable bonds is 3. The number of amides is 1. The SMILES string of the molecule is C[C@H]1c2cccn2CCN1S(=O)(=O)c1ccc(N2CCCC2=O)cc1. The van der Waals surface area contributed by atoms with Gasteiger partial charge in [-0.2, -0.15) is 4.31 Å². The van der Waals surface area contributed by atoms with Gasteiger partial charge in [0.1, 0.15) is 0 Å². The Morgan fingerprint density at radius 2 is 1.80 bits per heavy atom. The maximum absolute atomic E-state index is 13.1. The number of hydrogen-bond donors (Lipinski definition) is 0. The molecule has 1 aromatic heterocycles. The molecule has 3 heterocycles. The van der Waals surface area contributed by atoms with Gasteiger partial charge in [0.25, 0.3) is 0 Å². The van der Waals surface area contributed by atoms with Gasteiger partial charge in [0.15, 0.2) is 0 Å². The first-order valence-electron chi connectivity index (χ1n) is 8.56. The number of carbonyl (C=O) groups excluding carboxylic acids is 1. The van der Waals surface area contributed by atoms with Crippen LogP contribution in [0.1, 0.15) is 31.5 Å². The van der Waals surface area contributed by atoms with Gasteiger partial charge in [-0.3, -0.25) is 4.79 Å². The van der Waals surface area contributed by atoms with Gasteiger partial charge in [0, 0.05) is 43.6 Å². The average molecular weight is 359 g/mol. The third-order valence-corrected chi connectivity index (χ3v) is 7.10. The second-order valence-corrected chi connectivity index (χ2v) is 8.45.